The van der Waals surface area contributed by atoms with Gasteiger partial charge in [-0.2, -0.15) is 0 Å². The normalized spacial score (nSPS) is 31.6. The van der Waals surface area contributed by atoms with Crippen molar-refractivity contribution in [2.75, 3.05) is 26.4 Å². The van der Waals surface area contributed by atoms with Gasteiger partial charge in [-0.25, -0.2) is 4.79 Å². The van der Waals surface area contributed by atoms with Crippen LogP contribution in [0.5, 0.6) is 0 Å². The molecule has 0 aromatic heterocycles. The SMILES string of the molecule is C=C(C)[C@@H]1C[C@@H](OC(=O)c2ccccc2)[C@](CCC2(C)OCCO2)(C2(C)OCCO2)C1. The molecule has 0 amide bonds. The van der Waals surface area contributed by atoms with Crippen LogP contribution in [-0.2, 0) is 23.7 Å². The number of hydrogen-bond acceptors (Lipinski definition) is 6. The second kappa shape index (κ2) is 8.66. The van der Waals surface area contributed by atoms with E-state index in [-0.39, 0.29) is 18.0 Å². The Kier molecular flexibility index (Phi) is 6.28. The van der Waals surface area contributed by atoms with Gasteiger partial charge in [0.25, 0.3) is 0 Å². The van der Waals surface area contributed by atoms with Crippen molar-refractivity contribution in [2.24, 2.45) is 11.3 Å². The van der Waals surface area contributed by atoms with Crippen molar-refractivity contribution in [1.82, 2.24) is 0 Å². The fraction of sp³-hybridized carbons (Fsp3) is 0.640. The zero-order chi connectivity index (χ0) is 22.1. The largest absolute Gasteiger partial charge is 0.458 e. The van der Waals surface area contributed by atoms with Crippen LogP contribution in [0.2, 0.25) is 0 Å². The van der Waals surface area contributed by atoms with Gasteiger partial charge in [-0.1, -0.05) is 30.4 Å². The molecule has 2 heterocycles. The zero-order valence-corrected chi connectivity index (χ0v) is 18.9. The summed E-state index contributed by atoms with van der Waals surface area (Å²) in [5, 5.41) is 0. The Hall–Kier alpha value is -1.73. The highest BCUT2D eigenvalue weighted by molar-refractivity contribution is 5.89. The fourth-order valence-corrected chi connectivity index (χ4v) is 5.37. The minimum absolute atomic E-state index is 0.219. The third kappa shape index (κ3) is 4.31. The third-order valence-electron chi connectivity index (χ3n) is 7.35. The first kappa shape index (κ1) is 22.5. The van der Waals surface area contributed by atoms with Gasteiger partial charge in [-0.3, -0.25) is 0 Å². The Balaban J connectivity index is 1.66. The number of hydrogen-bond donors (Lipinski definition) is 0. The highest BCUT2D eigenvalue weighted by atomic mass is 16.7. The summed E-state index contributed by atoms with van der Waals surface area (Å²) in [5.74, 6) is -1.60. The fourth-order valence-electron chi connectivity index (χ4n) is 5.37. The molecule has 170 valence electrons. The molecule has 2 aliphatic heterocycles. The van der Waals surface area contributed by atoms with Gasteiger partial charge in [0.15, 0.2) is 11.6 Å². The van der Waals surface area contributed by atoms with Gasteiger partial charge in [0, 0.05) is 6.42 Å². The minimum atomic E-state index is -0.853. The molecule has 6 nitrogen and oxygen atoms in total. The van der Waals surface area contributed by atoms with Gasteiger partial charge in [-0.05, 0) is 58.1 Å². The molecule has 1 aliphatic carbocycles. The Bertz CT molecular complexity index is 793. The van der Waals surface area contributed by atoms with E-state index in [0.717, 1.165) is 12.0 Å². The van der Waals surface area contributed by atoms with E-state index >= 15 is 0 Å². The first-order valence-corrected chi connectivity index (χ1v) is 11.2. The van der Waals surface area contributed by atoms with Crippen LogP contribution >= 0.6 is 0 Å². The molecule has 0 spiro atoms. The van der Waals surface area contributed by atoms with Gasteiger partial charge in [0.2, 0.25) is 0 Å². The maximum atomic E-state index is 13.0. The standard InChI is InChI=1S/C25H34O6/c1-18(2)20-16-21(31-22(26)19-8-6-5-7-9-19)25(17-20,24(4)29-14-15-30-24)11-10-23(3)27-12-13-28-23/h5-9,20-21H,1,10-17H2,2-4H3/t20-,21-,25-/m1/s1. The number of esters is 1. The maximum Gasteiger partial charge on any atom is 0.338 e. The second-order valence-electron chi connectivity index (χ2n) is 9.37. The van der Waals surface area contributed by atoms with Crippen LogP contribution in [0.1, 0.15) is 56.8 Å². The molecule has 31 heavy (non-hydrogen) atoms. The number of rotatable bonds is 7. The summed E-state index contributed by atoms with van der Waals surface area (Å²) in [4.78, 5) is 13.0. The van der Waals surface area contributed by atoms with Crippen molar-refractivity contribution < 1.29 is 28.5 Å². The highest BCUT2D eigenvalue weighted by Crippen LogP contribution is 2.58. The topological polar surface area (TPSA) is 63.2 Å². The summed E-state index contributed by atoms with van der Waals surface area (Å²) in [6.07, 6.45) is 2.47. The van der Waals surface area contributed by atoms with E-state index in [1.807, 2.05) is 39.0 Å². The Morgan fingerprint density at radius 3 is 2.26 bits per heavy atom. The molecule has 2 saturated heterocycles. The van der Waals surface area contributed by atoms with E-state index in [4.69, 9.17) is 23.7 Å². The summed E-state index contributed by atoms with van der Waals surface area (Å²) in [6.45, 7) is 12.4. The van der Waals surface area contributed by atoms with Crippen LogP contribution < -0.4 is 0 Å². The predicted molar refractivity (Wildman–Crippen MR) is 115 cm³/mol. The smallest absolute Gasteiger partial charge is 0.338 e. The predicted octanol–water partition coefficient (Wildman–Crippen LogP) is 4.49. The molecule has 0 bridgehead atoms. The molecule has 3 atom stereocenters. The van der Waals surface area contributed by atoms with Crippen LogP contribution in [0.15, 0.2) is 42.5 Å². The summed E-state index contributed by atoms with van der Waals surface area (Å²) in [6, 6.07) is 9.13. The van der Waals surface area contributed by atoms with E-state index in [9.17, 15) is 4.79 Å². The maximum absolute atomic E-state index is 13.0. The lowest BCUT2D eigenvalue weighted by atomic mass is 9.71. The molecule has 3 aliphatic rings. The van der Waals surface area contributed by atoms with E-state index in [2.05, 4.69) is 6.58 Å². The van der Waals surface area contributed by atoms with Crippen molar-refractivity contribution in [3.8, 4) is 0 Å². The molecule has 1 aromatic carbocycles. The lowest BCUT2D eigenvalue weighted by Crippen LogP contribution is -2.53. The molecule has 6 heteroatoms. The summed E-state index contributed by atoms with van der Waals surface area (Å²) in [5.41, 5.74) is 1.10. The molecule has 0 unspecified atom stereocenters. The number of allylic oxidation sites excluding steroid dienone is 1. The van der Waals surface area contributed by atoms with E-state index in [0.29, 0.717) is 51.3 Å². The van der Waals surface area contributed by atoms with Crippen LogP contribution in [0.25, 0.3) is 0 Å². The van der Waals surface area contributed by atoms with Crippen molar-refractivity contribution in [3.63, 3.8) is 0 Å². The average molecular weight is 431 g/mol. The third-order valence-corrected chi connectivity index (χ3v) is 7.35. The number of carbonyl (C=O) groups is 1. The number of carbonyl (C=O) groups excluding carboxylic acids is 1. The monoisotopic (exact) mass is 430 g/mol. The lowest BCUT2D eigenvalue weighted by molar-refractivity contribution is -0.256. The van der Waals surface area contributed by atoms with Crippen LogP contribution in [0, 0.1) is 11.3 Å². The van der Waals surface area contributed by atoms with Crippen LogP contribution in [-0.4, -0.2) is 50.1 Å². The summed E-state index contributed by atoms with van der Waals surface area (Å²) < 4.78 is 30.3. The van der Waals surface area contributed by atoms with E-state index < -0.39 is 17.0 Å². The molecule has 1 aromatic rings. The second-order valence-corrected chi connectivity index (χ2v) is 9.37. The molecule has 1 saturated carbocycles. The van der Waals surface area contributed by atoms with Crippen LogP contribution in [0.3, 0.4) is 0 Å². The van der Waals surface area contributed by atoms with Gasteiger partial charge in [-0.15, -0.1) is 0 Å². The Morgan fingerprint density at radius 1 is 1.03 bits per heavy atom. The minimum Gasteiger partial charge on any atom is -0.458 e. The first-order chi connectivity index (χ1) is 14.8. The lowest BCUT2D eigenvalue weighted by Gasteiger charge is -2.46. The number of benzene rings is 1. The molecular formula is C25H34O6. The van der Waals surface area contributed by atoms with E-state index in [1.54, 1.807) is 12.1 Å². The first-order valence-electron chi connectivity index (χ1n) is 11.2. The van der Waals surface area contributed by atoms with Gasteiger partial charge in [0.05, 0.1) is 37.4 Å². The van der Waals surface area contributed by atoms with Gasteiger partial charge < -0.3 is 23.7 Å². The molecular weight excluding hydrogens is 396 g/mol. The summed E-state index contributed by atoms with van der Waals surface area (Å²) >= 11 is 0. The van der Waals surface area contributed by atoms with Gasteiger partial charge >= 0.3 is 5.97 Å². The molecule has 0 N–H and O–H groups in total. The van der Waals surface area contributed by atoms with Crippen molar-refractivity contribution in [3.05, 3.63) is 48.0 Å². The summed E-state index contributed by atoms with van der Waals surface area (Å²) in [7, 11) is 0. The zero-order valence-electron chi connectivity index (χ0n) is 18.9. The van der Waals surface area contributed by atoms with Gasteiger partial charge in [0.1, 0.15) is 6.10 Å². The molecule has 3 fully saturated rings. The molecule has 4 rings (SSSR count). The molecule has 0 radical (unpaired) electrons. The highest BCUT2D eigenvalue weighted by Gasteiger charge is 2.63. The average Bonchev–Trinajstić information content (AvgIpc) is 3.48. The van der Waals surface area contributed by atoms with Crippen LogP contribution in [0.4, 0.5) is 0 Å². The van der Waals surface area contributed by atoms with E-state index in [1.165, 1.54) is 0 Å². The number of ether oxygens (including phenoxy) is 5. The quantitative estimate of drug-likeness (QED) is 0.469. The Labute approximate surface area is 184 Å². The van der Waals surface area contributed by atoms with Crippen molar-refractivity contribution in [2.45, 2.75) is 64.1 Å². The Morgan fingerprint density at radius 2 is 1.65 bits per heavy atom. The van der Waals surface area contributed by atoms with Crippen molar-refractivity contribution >= 4 is 5.97 Å². The van der Waals surface area contributed by atoms with Crippen molar-refractivity contribution in [1.29, 1.82) is 0 Å².